The molecular formula is C22H23ClN4O. The summed E-state index contributed by atoms with van der Waals surface area (Å²) in [7, 11) is 0. The Hall–Kier alpha value is -2.66. The van der Waals surface area contributed by atoms with Gasteiger partial charge in [-0.1, -0.05) is 0 Å². The highest BCUT2D eigenvalue weighted by molar-refractivity contribution is 5.92. The molecule has 1 amide bonds. The van der Waals surface area contributed by atoms with E-state index in [2.05, 4.69) is 21.0 Å². The molecule has 0 spiro atoms. The van der Waals surface area contributed by atoms with E-state index in [1.54, 1.807) is 12.4 Å². The zero-order chi connectivity index (χ0) is 18.2. The SMILES string of the molecule is Cl.O=C(Cc1ccncc1)Nc1ccc(-n2nc(C3CC3)cc2C2CC2)cc1. The van der Waals surface area contributed by atoms with E-state index in [0.717, 1.165) is 16.9 Å². The fourth-order valence-corrected chi connectivity index (χ4v) is 3.45. The smallest absolute Gasteiger partial charge is 0.228 e. The van der Waals surface area contributed by atoms with Gasteiger partial charge in [0.25, 0.3) is 0 Å². The Kier molecular flexibility index (Phi) is 5.18. The van der Waals surface area contributed by atoms with E-state index in [4.69, 9.17) is 5.10 Å². The lowest BCUT2D eigenvalue weighted by atomic mass is 10.2. The predicted molar refractivity (Wildman–Crippen MR) is 111 cm³/mol. The van der Waals surface area contributed by atoms with E-state index in [1.165, 1.54) is 37.1 Å². The van der Waals surface area contributed by atoms with Gasteiger partial charge in [0.15, 0.2) is 0 Å². The second kappa shape index (κ2) is 7.76. The molecule has 0 atom stereocenters. The van der Waals surface area contributed by atoms with Gasteiger partial charge in [0, 0.05) is 35.6 Å². The Morgan fingerprint density at radius 1 is 1.00 bits per heavy atom. The van der Waals surface area contributed by atoms with Gasteiger partial charge in [0.1, 0.15) is 0 Å². The molecule has 6 heteroatoms. The number of pyridine rings is 1. The zero-order valence-electron chi connectivity index (χ0n) is 15.5. The maximum atomic E-state index is 12.2. The third-order valence-corrected chi connectivity index (χ3v) is 5.26. The van der Waals surface area contributed by atoms with Crippen LogP contribution in [0.4, 0.5) is 5.69 Å². The molecule has 5 rings (SSSR count). The van der Waals surface area contributed by atoms with E-state index in [1.807, 2.05) is 36.4 Å². The number of rotatable bonds is 6. The van der Waals surface area contributed by atoms with Crippen molar-refractivity contribution in [2.45, 2.75) is 43.9 Å². The molecule has 1 aromatic carbocycles. The maximum Gasteiger partial charge on any atom is 0.228 e. The predicted octanol–water partition coefficient (Wildman–Crippen LogP) is 4.63. The topological polar surface area (TPSA) is 59.8 Å². The van der Waals surface area contributed by atoms with Gasteiger partial charge in [-0.25, -0.2) is 4.68 Å². The van der Waals surface area contributed by atoms with Crippen molar-refractivity contribution in [3.05, 3.63) is 71.8 Å². The van der Waals surface area contributed by atoms with Gasteiger partial charge in [0.2, 0.25) is 5.91 Å². The van der Waals surface area contributed by atoms with Gasteiger partial charge in [-0.2, -0.15) is 5.10 Å². The van der Waals surface area contributed by atoms with Gasteiger partial charge >= 0.3 is 0 Å². The second-order valence-electron chi connectivity index (χ2n) is 7.58. The van der Waals surface area contributed by atoms with Crippen LogP contribution in [0, 0.1) is 0 Å². The van der Waals surface area contributed by atoms with Crippen molar-refractivity contribution >= 4 is 24.0 Å². The number of halogens is 1. The maximum absolute atomic E-state index is 12.2. The van der Waals surface area contributed by atoms with Crippen LogP contribution in [0.15, 0.2) is 54.9 Å². The van der Waals surface area contributed by atoms with Crippen molar-refractivity contribution in [2.75, 3.05) is 5.32 Å². The lowest BCUT2D eigenvalue weighted by molar-refractivity contribution is -0.115. The summed E-state index contributed by atoms with van der Waals surface area (Å²) in [6.45, 7) is 0. The lowest BCUT2D eigenvalue weighted by Crippen LogP contribution is -2.14. The van der Waals surface area contributed by atoms with Gasteiger partial charge in [-0.05, 0) is 73.7 Å². The lowest BCUT2D eigenvalue weighted by Gasteiger charge is -2.09. The molecule has 2 aliphatic rings. The average Bonchev–Trinajstić information content (AvgIpc) is 3.62. The number of hydrogen-bond donors (Lipinski definition) is 1. The van der Waals surface area contributed by atoms with Crippen molar-refractivity contribution in [1.29, 1.82) is 0 Å². The number of aromatic nitrogens is 3. The van der Waals surface area contributed by atoms with Crippen molar-refractivity contribution in [3.63, 3.8) is 0 Å². The number of hydrogen-bond acceptors (Lipinski definition) is 3. The van der Waals surface area contributed by atoms with E-state index in [-0.39, 0.29) is 18.3 Å². The van der Waals surface area contributed by atoms with Crippen LogP contribution in [0.1, 0.15) is 54.5 Å². The van der Waals surface area contributed by atoms with Crippen molar-refractivity contribution in [1.82, 2.24) is 14.8 Å². The minimum absolute atomic E-state index is 0. The fourth-order valence-electron chi connectivity index (χ4n) is 3.45. The zero-order valence-corrected chi connectivity index (χ0v) is 16.4. The molecule has 144 valence electrons. The molecule has 0 aliphatic heterocycles. The molecule has 2 fully saturated rings. The highest BCUT2D eigenvalue weighted by Gasteiger charge is 2.32. The molecular weight excluding hydrogens is 372 g/mol. The van der Waals surface area contributed by atoms with Crippen molar-refractivity contribution in [2.24, 2.45) is 0 Å². The molecule has 28 heavy (non-hydrogen) atoms. The number of carbonyl (C=O) groups is 1. The van der Waals surface area contributed by atoms with Crippen LogP contribution in [0.5, 0.6) is 0 Å². The van der Waals surface area contributed by atoms with Gasteiger partial charge in [-0.15, -0.1) is 12.4 Å². The van der Waals surface area contributed by atoms with Gasteiger partial charge < -0.3 is 5.32 Å². The van der Waals surface area contributed by atoms with E-state index in [9.17, 15) is 4.79 Å². The summed E-state index contributed by atoms with van der Waals surface area (Å²) in [5.74, 6) is 1.29. The van der Waals surface area contributed by atoms with Crippen LogP contribution in [-0.4, -0.2) is 20.7 Å². The molecule has 3 aromatic rings. The molecule has 2 aromatic heterocycles. The summed E-state index contributed by atoms with van der Waals surface area (Å²) in [6, 6.07) is 14.0. The summed E-state index contributed by atoms with van der Waals surface area (Å²) in [5, 5.41) is 7.84. The van der Waals surface area contributed by atoms with Crippen LogP contribution in [-0.2, 0) is 11.2 Å². The Morgan fingerprint density at radius 2 is 1.68 bits per heavy atom. The number of nitrogens with zero attached hydrogens (tertiary/aromatic N) is 3. The molecule has 0 unspecified atom stereocenters. The summed E-state index contributed by atoms with van der Waals surface area (Å²) in [4.78, 5) is 16.2. The standard InChI is InChI=1S/C22H22N4O.ClH/c27-22(13-15-9-11-23-12-10-15)24-18-5-7-19(8-6-18)26-21(17-3-4-17)14-20(25-26)16-1-2-16;/h5-12,14,16-17H,1-4,13H2,(H,24,27);1H. The van der Waals surface area contributed by atoms with Crippen LogP contribution in [0.25, 0.3) is 5.69 Å². The summed E-state index contributed by atoms with van der Waals surface area (Å²) >= 11 is 0. The summed E-state index contributed by atoms with van der Waals surface area (Å²) in [5.41, 5.74) is 5.41. The number of carbonyl (C=O) groups excluding carboxylic acids is 1. The van der Waals surface area contributed by atoms with Crippen LogP contribution in [0.3, 0.4) is 0 Å². The largest absolute Gasteiger partial charge is 0.326 e. The number of benzene rings is 1. The van der Waals surface area contributed by atoms with E-state index >= 15 is 0 Å². The van der Waals surface area contributed by atoms with Crippen LogP contribution >= 0.6 is 12.4 Å². The molecule has 0 bridgehead atoms. The first kappa shape index (κ1) is 18.7. The molecule has 0 radical (unpaired) electrons. The minimum atomic E-state index is -0.0253. The average molecular weight is 395 g/mol. The Morgan fingerprint density at radius 3 is 2.32 bits per heavy atom. The fraction of sp³-hybridized carbons (Fsp3) is 0.318. The molecule has 5 nitrogen and oxygen atoms in total. The van der Waals surface area contributed by atoms with Crippen LogP contribution in [0.2, 0.25) is 0 Å². The molecule has 0 saturated heterocycles. The van der Waals surface area contributed by atoms with Crippen LogP contribution < -0.4 is 5.32 Å². The second-order valence-corrected chi connectivity index (χ2v) is 7.58. The first-order valence-corrected chi connectivity index (χ1v) is 9.65. The molecule has 2 aliphatic carbocycles. The number of anilines is 1. The molecule has 2 heterocycles. The Labute approximate surface area is 170 Å². The summed E-state index contributed by atoms with van der Waals surface area (Å²) in [6.07, 6.45) is 8.81. The normalized spacial score (nSPS) is 15.7. The Balaban J connectivity index is 0.00000192. The first-order valence-electron chi connectivity index (χ1n) is 9.65. The highest BCUT2D eigenvalue weighted by Crippen LogP contribution is 2.45. The first-order chi connectivity index (χ1) is 13.3. The van der Waals surface area contributed by atoms with E-state index < -0.39 is 0 Å². The van der Waals surface area contributed by atoms with Crippen molar-refractivity contribution in [3.8, 4) is 5.69 Å². The number of nitrogens with one attached hydrogen (secondary N) is 1. The third kappa shape index (κ3) is 4.09. The third-order valence-electron chi connectivity index (χ3n) is 5.26. The monoisotopic (exact) mass is 394 g/mol. The minimum Gasteiger partial charge on any atom is -0.326 e. The quantitative estimate of drug-likeness (QED) is 0.663. The van der Waals surface area contributed by atoms with Gasteiger partial charge in [-0.3, -0.25) is 9.78 Å². The summed E-state index contributed by atoms with van der Waals surface area (Å²) < 4.78 is 2.11. The van der Waals surface area contributed by atoms with E-state index in [0.29, 0.717) is 18.3 Å². The molecule has 1 N–H and O–H groups in total. The Bertz CT molecular complexity index is 960. The van der Waals surface area contributed by atoms with Crippen molar-refractivity contribution < 1.29 is 4.79 Å². The highest BCUT2D eigenvalue weighted by atomic mass is 35.5. The number of amides is 1. The van der Waals surface area contributed by atoms with Gasteiger partial charge in [0.05, 0.1) is 17.8 Å². The molecule has 2 saturated carbocycles.